The third-order valence-corrected chi connectivity index (χ3v) is 12.1. The molecule has 3 nitrogen and oxygen atoms in total. The molecule has 11 rings (SSSR count). The first-order chi connectivity index (χ1) is 27.5. The van der Waals surface area contributed by atoms with E-state index in [0.29, 0.717) is 0 Å². The van der Waals surface area contributed by atoms with Gasteiger partial charge in [0.1, 0.15) is 11.3 Å². The molecule has 2 heterocycles. The fraction of sp³-hybridized carbons (Fsp3) is 0.0943. The monoisotopic (exact) mass is 720 g/mol. The van der Waals surface area contributed by atoms with Crippen molar-refractivity contribution >= 4 is 45.0 Å². The molecule has 2 aliphatic carbocycles. The first kappa shape index (κ1) is 32.6. The summed E-state index contributed by atoms with van der Waals surface area (Å²) in [5, 5.41) is 2.45. The molecule has 0 aliphatic heterocycles. The van der Waals surface area contributed by atoms with Crippen LogP contribution < -0.4 is 4.90 Å². The molecule has 0 amide bonds. The molecule has 9 aromatic rings. The average Bonchev–Trinajstić information content (AvgIpc) is 3.90. The lowest BCUT2D eigenvalue weighted by atomic mass is 9.82. The number of aromatic nitrogens is 1. The number of furan rings is 1. The molecule has 0 atom stereocenters. The van der Waals surface area contributed by atoms with Crippen molar-refractivity contribution < 1.29 is 4.42 Å². The first-order valence-electron chi connectivity index (χ1n) is 19.6. The van der Waals surface area contributed by atoms with Crippen LogP contribution in [0.3, 0.4) is 0 Å². The van der Waals surface area contributed by atoms with Gasteiger partial charge in [-0.1, -0.05) is 105 Å². The van der Waals surface area contributed by atoms with Gasteiger partial charge in [-0.2, -0.15) is 0 Å². The third kappa shape index (κ3) is 5.12. The summed E-state index contributed by atoms with van der Waals surface area (Å²) in [4.78, 5) is 2.39. The van der Waals surface area contributed by atoms with E-state index in [1.54, 1.807) is 0 Å². The standard InChI is InChI=1S/C53H40N2O/c1-53(2)47-17-9-7-15-43(47)44-30-29-42(34-48(44)53)54(41-27-22-36(23-28-41)52-33-38-12-6-11-19-51(38)56-52)40-25-20-35(21-26-40)37-24-31-50-46(32-37)45-16-8-10-18-49(45)55(50)39-13-4-3-5-14-39/h3-7,9-15,17-34H,8,16H2,1-2H3. The van der Waals surface area contributed by atoms with Gasteiger partial charge in [0.2, 0.25) is 0 Å². The molecule has 3 heteroatoms. The summed E-state index contributed by atoms with van der Waals surface area (Å²) in [7, 11) is 0. The molecule has 0 saturated carbocycles. The SMILES string of the molecule is CC1(C)c2ccccc2-c2ccc(N(c3ccc(-c4ccc5c(c4)c4c(n5-c5ccccc5)C=CCC4)cc3)c3ccc(-c4cc5ccccc5o4)cc3)cc21. The van der Waals surface area contributed by atoms with E-state index in [0.717, 1.165) is 52.2 Å². The Balaban J connectivity index is 1.00. The Hall–Kier alpha value is -6.84. The minimum atomic E-state index is -0.101. The van der Waals surface area contributed by atoms with Gasteiger partial charge in [-0.25, -0.2) is 0 Å². The number of hydrogen-bond acceptors (Lipinski definition) is 2. The lowest BCUT2D eigenvalue weighted by Crippen LogP contribution is -2.16. The number of benzene rings is 7. The molecule has 268 valence electrons. The predicted molar refractivity (Wildman–Crippen MR) is 234 cm³/mol. The van der Waals surface area contributed by atoms with Gasteiger partial charge in [-0.3, -0.25) is 0 Å². The van der Waals surface area contributed by atoms with E-state index < -0.39 is 0 Å². The van der Waals surface area contributed by atoms with Crippen LogP contribution in [0.1, 0.15) is 42.7 Å². The Morgan fingerprint density at radius 2 is 1.25 bits per heavy atom. The molecule has 0 saturated heterocycles. The second-order valence-corrected chi connectivity index (χ2v) is 15.7. The van der Waals surface area contributed by atoms with Gasteiger partial charge in [0.05, 0.1) is 5.52 Å². The molecule has 2 aromatic heterocycles. The summed E-state index contributed by atoms with van der Waals surface area (Å²) >= 11 is 0. The van der Waals surface area contributed by atoms with Crippen molar-refractivity contribution in [3.05, 3.63) is 198 Å². The molecule has 2 aliphatic rings. The second kappa shape index (κ2) is 12.6. The maximum absolute atomic E-state index is 6.25. The van der Waals surface area contributed by atoms with Gasteiger partial charge in [0, 0.05) is 50.2 Å². The molecule has 7 aromatic carbocycles. The number of para-hydroxylation sites is 2. The van der Waals surface area contributed by atoms with E-state index in [2.05, 4.69) is 193 Å². The van der Waals surface area contributed by atoms with Crippen LogP contribution in [0.15, 0.2) is 180 Å². The topological polar surface area (TPSA) is 21.3 Å². The zero-order valence-corrected chi connectivity index (χ0v) is 31.5. The lowest BCUT2D eigenvalue weighted by molar-refractivity contribution is 0.631. The van der Waals surface area contributed by atoms with Gasteiger partial charge < -0.3 is 13.9 Å². The van der Waals surface area contributed by atoms with E-state index in [9.17, 15) is 0 Å². The van der Waals surface area contributed by atoms with Gasteiger partial charge in [-0.05, 0) is 143 Å². The minimum Gasteiger partial charge on any atom is -0.456 e. The fourth-order valence-electron chi connectivity index (χ4n) is 9.25. The number of anilines is 3. The van der Waals surface area contributed by atoms with Crippen LogP contribution in [0.25, 0.3) is 67.2 Å². The molecule has 0 unspecified atom stereocenters. The number of allylic oxidation sites excluding steroid dienone is 1. The van der Waals surface area contributed by atoms with Gasteiger partial charge in [0.25, 0.3) is 0 Å². The van der Waals surface area contributed by atoms with Crippen molar-refractivity contribution in [2.45, 2.75) is 32.1 Å². The quantitative estimate of drug-likeness (QED) is 0.171. The summed E-state index contributed by atoms with van der Waals surface area (Å²) < 4.78 is 8.66. The molecule has 0 spiro atoms. The Labute approximate surface area is 327 Å². The van der Waals surface area contributed by atoms with E-state index in [4.69, 9.17) is 4.42 Å². The van der Waals surface area contributed by atoms with E-state index >= 15 is 0 Å². The highest BCUT2D eigenvalue weighted by molar-refractivity contribution is 5.94. The van der Waals surface area contributed by atoms with Crippen molar-refractivity contribution in [1.82, 2.24) is 4.57 Å². The van der Waals surface area contributed by atoms with Crippen LogP contribution in [0.2, 0.25) is 0 Å². The second-order valence-electron chi connectivity index (χ2n) is 15.7. The minimum absolute atomic E-state index is 0.101. The molecule has 0 radical (unpaired) electrons. The van der Waals surface area contributed by atoms with Gasteiger partial charge in [0.15, 0.2) is 0 Å². The van der Waals surface area contributed by atoms with Gasteiger partial charge >= 0.3 is 0 Å². The zero-order chi connectivity index (χ0) is 37.4. The normalized spacial score (nSPS) is 13.8. The smallest absolute Gasteiger partial charge is 0.135 e. The molecule has 56 heavy (non-hydrogen) atoms. The van der Waals surface area contributed by atoms with E-state index in [-0.39, 0.29) is 5.41 Å². The fourth-order valence-corrected chi connectivity index (χ4v) is 9.25. The molecular formula is C53H40N2O. The molecular weight excluding hydrogens is 681 g/mol. The summed E-state index contributed by atoms with van der Waals surface area (Å²) in [6.45, 7) is 4.70. The highest BCUT2D eigenvalue weighted by Gasteiger charge is 2.35. The van der Waals surface area contributed by atoms with Crippen molar-refractivity contribution in [3.8, 4) is 39.3 Å². The Bertz CT molecular complexity index is 2940. The van der Waals surface area contributed by atoms with Crippen molar-refractivity contribution in [3.63, 3.8) is 0 Å². The van der Waals surface area contributed by atoms with Crippen molar-refractivity contribution in [2.75, 3.05) is 4.90 Å². The van der Waals surface area contributed by atoms with E-state index in [1.807, 2.05) is 12.1 Å². The van der Waals surface area contributed by atoms with Crippen LogP contribution in [-0.4, -0.2) is 4.57 Å². The van der Waals surface area contributed by atoms with Crippen LogP contribution in [0.5, 0.6) is 0 Å². The van der Waals surface area contributed by atoms with Crippen molar-refractivity contribution in [1.29, 1.82) is 0 Å². The average molecular weight is 721 g/mol. The summed E-state index contributed by atoms with van der Waals surface area (Å²) in [6.07, 6.45) is 6.73. The number of hydrogen-bond donors (Lipinski definition) is 0. The van der Waals surface area contributed by atoms with E-state index in [1.165, 1.54) is 61.2 Å². The Morgan fingerprint density at radius 1 is 0.571 bits per heavy atom. The third-order valence-electron chi connectivity index (χ3n) is 12.1. The van der Waals surface area contributed by atoms with Crippen LogP contribution in [0.4, 0.5) is 17.1 Å². The first-order valence-corrected chi connectivity index (χ1v) is 19.6. The largest absolute Gasteiger partial charge is 0.456 e. The molecule has 0 N–H and O–H groups in total. The number of nitrogens with zero attached hydrogens (tertiary/aromatic N) is 2. The number of aryl methyl sites for hydroxylation is 1. The Kier molecular flexibility index (Phi) is 7.34. The highest BCUT2D eigenvalue weighted by Crippen LogP contribution is 2.51. The molecule has 0 bridgehead atoms. The lowest BCUT2D eigenvalue weighted by Gasteiger charge is -2.28. The van der Waals surface area contributed by atoms with Crippen LogP contribution in [-0.2, 0) is 11.8 Å². The molecule has 0 fully saturated rings. The summed E-state index contributed by atoms with van der Waals surface area (Å²) in [6, 6.07) is 61.8. The highest BCUT2D eigenvalue weighted by atomic mass is 16.3. The van der Waals surface area contributed by atoms with Crippen LogP contribution >= 0.6 is 0 Å². The number of fused-ring (bicyclic) bond motifs is 7. The van der Waals surface area contributed by atoms with Crippen LogP contribution in [0, 0.1) is 0 Å². The number of rotatable bonds is 6. The van der Waals surface area contributed by atoms with Crippen molar-refractivity contribution in [2.24, 2.45) is 0 Å². The maximum Gasteiger partial charge on any atom is 0.135 e. The Morgan fingerprint density at radius 3 is 2.05 bits per heavy atom. The summed E-state index contributed by atoms with van der Waals surface area (Å²) in [5.41, 5.74) is 18.2. The predicted octanol–water partition coefficient (Wildman–Crippen LogP) is 14.4. The maximum atomic E-state index is 6.25. The zero-order valence-electron chi connectivity index (χ0n) is 31.5. The summed E-state index contributed by atoms with van der Waals surface area (Å²) in [5.74, 6) is 0.874. The van der Waals surface area contributed by atoms with Gasteiger partial charge in [-0.15, -0.1) is 0 Å².